The molecule has 1 aliphatic rings. The van der Waals surface area contributed by atoms with Crippen LogP contribution < -0.4 is 38.2 Å². The zero-order chi connectivity index (χ0) is 20.7. The van der Waals surface area contributed by atoms with E-state index in [0.717, 1.165) is 39.1 Å². The molecule has 0 saturated heterocycles. The first kappa shape index (κ1) is 21.5. The highest BCUT2D eigenvalue weighted by Gasteiger charge is 2.25. The summed E-state index contributed by atoms with van der Waals surface area (Å²) in [6, 6.07) is 25.0. The van der Waals surface area contributed by atoms with Crippen LogP contribution in [-0.4, -0.2) is 20.0 Å². The molecule has 0 bridgehead atoms. The van der Waals surface area contributed by atoms with Crippen molar-refractivity contribution in [3.05, 3.63) is 88.9 Å². The number of anilines is 1. The molecule has 0 unspecified atom stereocenters. The molecule has 0 aliphatic carbocycles. The SMILES string of the molecule is COc1ccc2c(c1)/C(=C/c1sc3ccccc3[n+]1C)N=C(c1ccccc1)N2C.[I-]. The number of aryl methyl sites for hydroxylation is 1. The number of hydrogen-bond acceptors (Lipinski definition) is 4. The van der Waals surface area contributed by atoms with Crippen LogP contribution in [0.25, 0.3) is 22.0 Å². The molecule has 2 heterocycles. The third-order valence-corrected chi connectivity index (χ3v) is 6.61. The van der Waals surface area contributed by atoms with Gasteiger partial charge >= 0.3 is 0 Å². The van der Waals surface area contributed by atoms with Gasteiger partial charge in [-0.2, -0.15) is 4.57 Å². The third-order valence-electron chi connectivity index (χ3n) is 5.45. The minimum absolute atomic E-state index is 0. The Balaban J connectivity index is 0.00000231. The highest BCUT2D eigenvalue weighted by atomic mass is 127. The Hall–Kier alpha value is -2.71. The quantitative estimate of drug-likeness (QED) is 0.295. The van der Waals surface area contributed by atoms with Crippen molar-refractivity contribution in [2.75, 3.05) is 19.1 Å². The number of fused-ring (bicyclic) bond motifs is 2. The molecule has 1 aromatic heterocycles. The average molecular weight is 539 g/mol. The molecule has 31 heavy (non-hydrogen) atoms. The molecule has 0 fully saturated rings. The topological polar surface area (TPSA) is 28.7 Å². The fourth-order valence-corrected chi connectivity index (χ4v) is 4.91. The molecule has 0 spiro atoms. The fraction of sp³-hybridized carbons (Fsp3) is 0.120. The number of para-hydroxylation sites is 1. The fourth-order valence-electron chi connectivity index (χ4n) is 3.82. The first-order valence-electron chi connectivity index (χ1n) is 9.81. The number of benzene rings is 3. The van der Waals surface area contributed by atoms with Gasteiger partial charge in [-0.1, -0.05) is 53.8 Å². The van der Waals surface area contributed by atoms with Gasteiger partial charge in [0.1, 0.15) is 23.3 Å². The zero-order valence-corrected chi connectivity index (χ0v) is 20.5. The van der Waals surface area contributed by atoms with E-state index in [4.69, 9.17) is 9.73 Å². The van der Waals surface area contributed by atoms with Gasteiger partial charge in [-0.15, -0.1) is 0 Å². The summed E-state index contributed by atoms with van der Waals surface area (Å²) in [5.41, 5.74) is 5.42. The molecule has 4 aromatic rings. The molecule has 156 valence electrons. The van der Waals surface area contributed by atoms with Crippen LogP contribution in [0, 0.1) is 0 Å². The van der Waals surface area contributed by atoms with Crippen molar-refractivity contribution >= 4 is 44.8 Å². The van der Waals surface area contributed by atoms with Gasteiger partial charge in [0.25, 0.3) is 5.01 Å². The van der Waals surface area contributed by atoms with Crippen LogP contribution in [-0.2, 0) is 7.05 Å². The van der Waals surface area contributed by atoms with Crippen LogP contribution >= 0.6 is 11.3 Å². The Labute approximate surface area is 203 Å². The van der Waals surface area contributed by atoms with E-state index in [-0.39, 0.29) is 24.0 Å². The van der Waals surface area contributed by atoms with Crippen LogP contribution in [0.2, 0.25) is 0 Å². The molecule has 0 radical (unpaired) electrons. The number of hydrogen-bond donors (Lipinski definition) is 0. The van der Waals surface area contributed by atoms with Gasteiger partial charge in [0.2, 0.25) is 5.52 Å². The van der Waals surface area contributed by atoms with E-state index in [2.05, 4.69) is 78.2 Å². The van der Waals surface area contributed by atoms with Gasteiger partial charge in [-0.3, -0.25) is 0 Å². The number of amidine groups is 1. The van der Waals surface area contributed by atoms with Crippen molar-refractivity contribution in [1.82, 2.24) is 0 Å². The van der Waals surface area contributed by atoms with E-state index >= 15 is 0 Å². The number of halogens is 1. The summed E-state index contributed by atoms with van der Waals surface area (Å²) < 4.78 is 8.99. The van der Waals surface area contributed by atoms with E-state index in [0.29, 0.717) is 0 Å². The van der Waals surface area contributed by atoms with Gasteiger partial charge < -0.3 is 33.6 Å². The molecule has 0 saturated carbocycles. The monoisotopic (exact) mass is 539 g/mol. The third kappa shape index (κ3) is 3.85. The van der Waals surface area contributed by atoms with E-state index in [1.165, 1.54) is 10.2 Å². The molecule has 3 aromatic carbocycles. The van der Waals surface area contributed by atoms with Gasteiger partial charge in [-0.05, 0) is 24.3 Å². The average Bonchev–Trinajstić information content (AvgIpc) is 3.11. The number of aromatic nitrogens is 1. The molecule has 4 nitrogen and oxygen atoms in total. The van der Waals surface area contributed by atoms with Crippen molar-refractivity contribution in [3.63, 3.8) is 0 Å². The Morgan fingerprint density at radius 3 is 2.48 bits per heavy atom. The van der Waals surface area contributed by atoms with Gasteiger partial charge in [0.05, 0.1) is 18.5 Å². The van der Waals surface area contributed by atoms with Crippen molar-refractivity contribution in [3.8, 4) is 5.75 Å². The summed E-state index contributed by atoms with van der Waals surface area (Å²) in [4.78, 5) is 7.24. The minimum atomic E-state index is 0. The van der Waals surface area contributed by atoms with E-state index in [9.17, 15) is 0 Å². The lowest BCUT2D eigenvalue weighted by atomic mass is 10.0. The molecule has 5 rings (SSSR count). The van der Waals surface area contributed by atoms with Crippen LogP contribution in [0.15, 0.2) is 77.8 Å². The summed E-state index contributed by atoms with van der Waals surface area (Å²) in [5.74, 6) is 1.76. The highest BCUT2D eigenvalue weighted by molar-refractivity contribution is 7.18. The van der Waals surface area contributed by atoms with E-state index in [1.807, 2.05) is 24.3 Å². The standard InChI is InChI=1S/C25H22N3OS.HI/c1-27-22-11-7-8-12-23(22)30-24(27)16-20-19-15-18(29-3)13-14-21(19)28(2)25(26-20)17-9-5-4-6-10-17;/h4-16H,1-3H3;1H/q+1;/p-1. The summed E-state index contributed by atoms with van der Waals surface area (Å²) in [6.07, 6.45) is 2.18. The minimum Gasteiger partial charge on any atom is -1.00 e. The van der Waals surface area contributed by atoms with Crippen molar-refractivity contribution in [2.24, 2.45) is 12.0 Å². The number of ether oxygens (including phenoxy) is 1. The largest absolute Gasteiger partial charge is 1.00 e. The maximum absolute atomic E-state index is 5.50. The lowest BCUT2D eigenvalue weighted by Gasteiger charge is -2.29. The van der Waals surface area contributed by atoms with Crippen LogP contribution in [0.4, 0.5) is 5.69 Å². The maximum atomic E-state index is 5.50. The highest BCUT2D eigenvalue weighted by Crippen LogP contribution is 2.37. The first-order valence-corrected chi connectivity index (χ1v) is 10.6. The second-order valence-electron chi connectivity index (χ2n) is 7.24. The summed E-state index contributed by atoms with van der Waals surface area (Å²) in [5, 5.41) is 1.15. The lowest BCUT2D eigenvalue weighted by Crippen LogP contribution is -3.00. The second kappa shape index (κ2) is 8.80. The molecule has 1 aliphatic heterocycles. The Kier molecular flexibility index (Phi) is 6.11. The number of aliphatic imine (C=N–C) groups is 1. The van der Waals surface area contributed by atoms with Gasteiger partial charge in [0.15, 0.2) is 0 Å². The van der Waals surface area contributed by atoms with Crippen LogP contribution in [0.1, 0.15) is 16.1 Å². The molecular formula is C25H22IN3OS. The molecule has 0 atom stereocenters. The molecular weight excluding hydrogens is 517 g/mol. The maximum Gasteiger partial charge on any atom is 0.264 e. The van der Waals surface area contributed by atoms with Gasteiger partial charge in [0, 0.05) is 30.3 Å². The van der Waals surface area contributed by atoms with E-state index in [1.54, 1.807) is 18.4 Å². The normalized spacial score (nSPS) is 14.2. The van der Waals surface area contributed by atoms with Gasteiger partial charge in [-0.25, -0.2) is 4.99 Å². The summed E-state index contributed by atoms with van der Waals surface area (Å²) in [7, 11) is 5.87. The van der Waals surface area contributed by atoms with E-state index < -0.39 is 0 Å². The number of thiazole rings is 1. The molecule has 6 heteroatoms. The summed E-state index contributed by atoms with van der Waals surface area (Å²) in [6.45, 7) is 0. The van der Waals surface area contributed by atoms with Crippen LogP contribution in [0.5, 0.6) is 5.75 Å². The van der Waals surface area contributed by atoms with Crippen molar-refractivity contribution in [1.29, 1.82) is 0 Å². The summed E-state index contributed by atoms with van der Waals surface area (Å²) >= 11 is 1.77. The molecule has 0 N–H and O–H groups in total. The Bertz CT molecular complexity index is 1310. The first-order chi connectivity index (χ1) is 14.7. The smallest absolute Gasteiger partial charge is 0.264 e. The number of nitrogens with zero attached hydrogens (tertiary/aromatic N) is 3. The zero-order valence-electron chi connectivity index (χ0n) is 17.5. The Morgan fingerprint density at radius 2 is 1.74 bits per heavy atom. The Morgan fingerprint density at radius 1 is 1.00 bits per heavy atom. The predicted molar refractivity (Wildman–Crippen MR) is 125 cm³/mol. The number of methoxy groups -OCH3 is 1. The lowest BCUT2D eigenvalue weighted by molar-refractivity contribution is -0.642. The second-order valence-corrected chi connectivity index (χ2v) is 8.30. The number of rotatable bonds is 3. The van der Waals surface area contributed by atoms with Crippen LogP contribution in [0.3, 0.4) is 0 Å². The molecule has 0 amide bonds. The van der Waals surface area contributed by atoms with Crippen molar-refractivity contribution in [2.45, 2.75) is 0 Å². The van der Waals surface area contributed by atoms with Crippen molar-refractivity contribution < 1.29 is 33.3 Å². The predicted octanol–water partition coefficient (Wildman–Crippen LogP) is 2.13.